The van der Waals surface area contributed by atoms with Crippen molar-refractivity contribution >= 4 is 18.2 Å². The molecule has 0 N–H and O–H groups in total. The van der Waals surface area contributed by atoms with Gasteiger partial charge in [0, 0.05) is 12.1 Å². The Balaban J connectivity index is 2.62. The summed E-state index contributed by atoms with van der Waals surface area (Å²) in [5.41, 5.74) is -2.20. The Hall–Kier alpha value is -2.19. The van der Waals surface area contributed by atoms with Gasteiger partial charge in [-0.25, -0.2) is 30.7 Å². The molecule has 0 radical (unpaired) electrons. The summed E-state index contributed by atoms with van der Waals surface area (Å²) in [7, 11) is -0.271. The largest absolute Gasteiger partial charge is 0.491 e. The van der Waals surface area contributed by atoms with Gasteiger partial charge in [0.05, 0.1) is 7.11 Å². The number of ether oxygens (including phenoxy) is 1. The average Bonchev–Trinajstić information content (AvgIpc) is 2.44. The molecule has 0 bridgehead atoms. The summed E-state index contributed by atoms with van der Waals surface area (Å²) in [5, 5.41) is 0. The third kappa shape index (κ3) is 2.62. The van der Waals surface area contributed by atoms with Crippen LogP contribution < -0.4 is 15.7 Å². The second-order valence-corrected chi connectivity index (χ2v) is 4.29. The topological polar surface area (TPSA) is 9.23 Å². The van der Waals surface area contributed by atoms with E-state index >= 15 is 0 Å². The minimum atomic E-state index is -1.79. The van der Waals surface area contributed by atoms with Gasteiger partial charge in [-0.15, -0.1) is 0 Å². The average molecular weight is 322 g/mol. The Bertz CT molecular complexity index is 722. The highest BCUT2D eigenvalue weighted by Gasteiger charge is 2.26. The van der Waals surface area contributed by atoms with Crippen molar-refractivity contribution < 1.29 is 35.5 Å². The normalized spacial score (nSPS) is 10.7. The van der Waals surface area contributed by atoms with Crippen LogP contribution in [0.1, 0.15) is 0 Å². The lowest BCUT2D eigenvalue weighted by Gasteiger charge is -2.11. The molecule has 0 spiro atoms. The van der Waals surface area contributed by atoms with E-state index in [1.165, 1.54) is 0 Å². The highest BCUT2D eigenvalue weighted by Crippen LogP contribution is 2.21. The van der Waals surface area contributed by atoms with Crippen LogP contribution in [0.15, 0.2) is 12.1 Å². The molecule has 22 heavy (non-hydrogen) atoms. The number of halogens is 7. The summed E-state index contributed by atoms with van der Waals surface area (Å²) in [6.45, 7) is 0. The van der Waals surface area contributed by atoms with E-state index < -0.39 is 64.7 Å². The lowest BCUT2D eigenvalue weighted by atomic mass is 9.62. The molecule has 0 heterocycles. The van der Waals surface area contributed by atoms with Crippen LogP contribution in [-0.2, 0) is 0 Å². The van der Waals surface area contributed by atoms with Crippen molar-refractivity contribution in [2.24, 2.45) is 0 Å². The standard InChI is InChI=1S/C13H6BF7O/c1-22-13-7(18)2-4(15)8(12(13)21)14-9-10(19)5(16)3-6(17)11(9)20/h2-3,14H,1H3. The Labute approximate surface area is 120 Å². The summed E-state index contributed by atoms with van der Waals surface area (Å²) in [5.74, 6) is -12.4. The van der Waals surface area contributed by atoms with Gasteiger partial charge < -0.3 is 4.74 Å². The Morgan fingerprint density at radius 1 is 0.682 bits per heavy atom. The van der Waals surface area contributed by atoms with Crippen molar-refractivity contribution in [3.63, 3.8) is 0 Å². The molecular weight excluding hydrogens is 316 g/mol. The van der Waals surface area contributed by atoms with Crippen LogP contribution in [-0.4, -0.2) is 14.4 Å². The summed E-state index contributed by atoms with van der Waals surface area (Å²) in [6, 6.07) is 0.203. The Kier molecular flexibility index (Phi) is 4.34. The van der Waals surface area contributed by atoms with Crippen LogP contribution in [0.3, 0.4) is 0 Å². The van der Waals surface area contributed by atoms with Gasteiger partial charge in [0.2, 0.25) is 7.28 Å². The molecule has 0 saturated carbocycles. The third-order valence-corrected chi connectivity index (χ3v) is 2.98. The van der Waals surface area contributed by atoms with Crippen molar-refractivity contribution in [2.75, 3.05) is 7.11 Å². The number of hydrogen-bond donors (Lipinski definition) is 0. The Morgan fingerprint density at radius 2 is 1.18 bits per heavy atom. The van der Waals surface area contributed by atoms with Gasteiger partial charge in [-0.1, -0.05) is 0 Å². The minimum Gasteiger partial charge on any atom is -0.491 e. The first kappa shape index (κ1) is 16.2. The summed E-state index contributed by atoms with van der Waals surface area (Å²) >= 11 is 0. The number of methoxy groups -OCH3 is 1. The highest BCUT2D eigenvalue weighted by molar-refractivity contribution is 6.67. The second-order valence-electron chi connectivity index (χ2n) is 4.29. The van der Waals surface area contributed by atoms with Crippen LogP contribution >= 0.6 is 0 Å². The molecule has 0 amide bonds. The van der Waals surface area contributed by atoms with Gasteiger partial charge in [0.15, 0.2) is 40.7 Å². The van der Waals surface area contributed by atoms with E-state index in [0.29, 0.717) is 0 Å². The molecule has 0 unspecified atom stereocenters. The number of rotatable bonds is 3. The molecule has 116 valence electrons. The maximum Gasteiger partial charge on any atom is 0.208 e. The van der Waals surface area contributed by atoms with E-state index in [-0.39, 0.29) is 12.1 Å². The van der Waals surface area contributed by atoms with E-state index in [0.717, 1.165) is 7.11 Å². The first-order valence-electron chi connectivity index (χ1n) is 5.80. The van der Waals surface area contributed by atoms with Gasteiger partial charge in [-0.3, -0.25) is 0 Å². The summed E-state index contributed by atoms with van der Waals surface area (Å²) < 4.78 is 98.3. The molecule has 2 aromatic rings. The molecule has 1 nitrogen and oxygen atoms in total. The molecule has 0 aromatic heterocycles. The first-order chi connectivity index (χ1) is 10.3. The van der Waals surface area contributed by atoms with Crippen LogP contribution in [0.4, 0.5) is 30.7 Å². The van der Waals surface area contributed by atoms with E-state index in [1.54, 1.807) is 0 Å². The van der Waals surface area contributed by atoms with Gasteiger partial charge in [0.25, 0.3) is 0 Å². The van der Waals surface area contributed by atoms with E-state index in [1.807, 2.05) is 0 Å². The minimum absolute atomic E-state index is 0.0356. The predicted octanol–water partition coefficient (Wildman–Crippen LogP) is 2.06. The zero-order valence-corrected chi connectivity index (χ0v) is 10.9. The zero-order valence-electron chi connectivity index (χ0n) is 10.9. The van der Waals surface area contributed by atoms with E-state index in [2.05, 4.69) is 4.74 Å². The van der Waals surface area contributed by atoms with Crippen LogP contribution in [0.5, 0.6) is 5.75 Å². The molecular formula is C13H6BF7O. The molecule has 2 aromatic carbocycles. The maximum atomic E-state index is 13.9. The maximum absolute atomic E-state index is 13.9. The third-order valence-electron chi connectivity index (χ3n) is 2.98. The van der Waals surface area contributed by atoms with E-state index in [4.69, 9.17) is 0 Å². The Morgan fingerprint density at radius 3 is 1.68 bits per heavy atom. The highest BCUT2D eigenvalue weighted by atomic mass is 19.2. The van der Waals surface area contributed by atoms with Crippen LogP contribution in [0.25, 0.3) is 0 Å². The fourth-order valence-electron chi connectivity index (χ4n) is 1.91. The molecule has 0 fully saturated rings. The van der Waals surface area contributed by atoms with Crippen LogP contribution in [0, 0.1) is 40.7 Å². The number of hydrogen-bond acceptors (Lipinski definition) is 1. The van der Waals surface area contributed by atoms with Crippen molar-refractivity contribution in [1.29, 1.82) is 0 Å². The molecule has 0 saturated heterocycles. The summed E-state index contributed by atoms with van der Waals surface area (Å²) in [6.07, 6.45) is 0. The van der Waals surface area contributed by atoms with Crippen molar-refractivity contribution in [3.05, 3.63) is 52.9 Å². The van der Waals surface area contributed by atoms with Crippen molar-refractivity contribution in [2.45, 2.75) is 0 Å². The molecule has 0 aliphatic rings. The van der Waals surface area contributed by atoms with Gasteiger partial charge in [-0.2, -0.15) is 0 Å². The predicted molar refractivity (Wildman–Crippen MR) is 65.6 cm³/mol. The van der Waals surface area contributed by atoms with Gasteiger partial charge in [0.1, 0.15) is 5.82 Å². The van der Waals surface area contributed by atoms with Crippen molar-refractivity contribution in [3.8, 4) is 5.75 Å². The lowest BCUT2D eigenvalue weighted by Crippen LogP contribution is -2.38. The van der Waals surface area contributed by atoms with Crippen LogP contribution in [0.2, 0.25) is 0 Å². The molecule has 2 rings (SSSR count). The summed E-state index contributed by atoms with van der Waals surface area (Å²) in [4.78, 5) is 0. The quantitative estimate of drug-likeness (QED) is 0.478. The molecule has 0 atom stereocenters. The smallest absolute Gasteiger partial charge is 0.208 e. The van der Waals surface area contributed by atoms with Gasteiger partial charge in [-0.05, 0) is 10.9 Å². The first-order valence-corrected chi connectivity index (χ1v) is 5.80. The SMILES string of the molecule is COc1c(F)cc(F)c(Bc2c(F)c(F)cc(F)c2F)c1F. The zero-order chi connectivity index (χ0) is 16.6. The molecule has 0 aliphatic carbocycles. The monoisotopic (exact) mass is 322 g/mol. The number of benzene rings is 2. The molecule has 9 heteroatoms. The lowest BCUT2D eigenvalue weighted by molar-refractivity contribution is 0.358. The fourth-order valence-corrected chi connectivity index (χ4v) is 1.91. The van der Waals surface area contributed by atoms with E-state index in [9.17, 15) is 30.7 Å². The van der Waals surface area contributed by atoms with Gasteiger partial charge >= 0.3 is 0 Å². The second kappa shape index (κ2) is 5.90. The molecule has 0 aliphatic heterocycles. The fraction of sp³-hybridized carbons (Fsp3) is 0.0769. The van der Waals surface area contributed by atoms with Crippen molar-refractivity contribution in [1.82, 2.24) is 0 Å².